The van der Waals surface area contributed by atoms with Crippen LogP contribution >= 0.6 is 0 Å². The van der Waals surface area contributed by atoms with Gasteiger partial charge in [-0.2, -0.15) is 5.26 Å². The molecule has 0 aromatic carbocycles. The molecule has 0 radical (unpaired) electrons. The van der Waals surface area contributed by atoms with E-state index in [-0.39, 0.29) is 12.5 Å². The van der Waals surface area contributed by atoms with Gasteiger partial charge in [0, 0.05) is 13.1 Å². The molecule has 1 aliphatic heterocycles. The van der Waals surface area contributed by atoms with Crippen LogP contribution in [0.4, 0.5) is 0 Å². The number of hydrogen-bond acceptors (Lipinski definition) is 4. The van der Waals surface area contributed by atoms with Crippen molar-refractivity contribution in [2.45, 2.75) is 12.5 Å². The van der Waals surface area contributed by atoms with Crippen molar-refractivity contribution in [2.24, 2.45) is 0 Å². The van der Waals surface area contributed by atoms with E-state index < -0.39 is 5.97 Å². The summed E-state index contributed by atoms with van der Waals surface area (Å²) in [5.74, 6) is -0.411. The van der Waals surface area contributed by atoms with Gasteiger partial charge in [-0.1, -0.05) is 0 Å². The molecule has 0 saturated carbocycles. The molecular weight excluding hydrogens is 144 g/mol. The Kier molecular flexibility index (Phi) is 2.44. The van der Waals surface area contributed by atoms with Crippen molar-refractivity contribution in [1.29, 1.82) is 5.26 Å². The van der Waals surface area contributed by atoms with E-state index in [4.69, 9.17) is 10.00 Å². The Morgan fingerprint density at radius 3 is 2.91 bits per heavy atom. The third kappa shape index (κ3) is 2.20. The highest BCUT2D eigenvalue weighted by Crippen LogP contribution is 2.08. The Hall–Kier alpha value is -1.08. The Morgan fingerprint density at radius 2 is 2.45 bits per heavy atom. The lowest BCUT2D eigenvalue weighted by Gasteiger charge is -2.34. The normalized spacial score (nSPS) is 18.5. The molecule has 0 aliphatic carbocycles. The highest BCUT2D eigenvalue weighted by molar-refractivity contribution is 5.72. The molecule has 1 fully saturated rings. The molecule has 0 aromatic rings. The van der Waals surface area contributed by atoms with Crippen LogP contribution in [0.5, 0.6) is 0 Å². The number of carbonyl (C=O) groups excluding carboxylic acids is 1. The summed E-state index contributed by atoms with van der Waals surface area (Å²) in [5, 5.41) is 8.13. The lowest BCUT2D eigenvalue weighted by Crippen LogP contribution is -2.50. The van der Waals surface area contributed by atoms with Crippen LogP contribution in [-0.2, 0) is 9.53 Å². The first kappa shape index (κ1) is 8.02. The average molecular weight is 154 g/mol. The van der Waals surface area contributed by atoms with Crippen LogP contribution in [0.2, 0.25) is 0 Å². The molecule has 0 aromatic heterocycles. The van der Waals surface area contributed by atoms with E-state index in [1.165, 1.54) is 0 Å². The summed E-state index contributed by atoms with van der Waals surface area (Å²) in [5.41, 5.74) is 0. The molecule has 1 rings (SSSR count). The Bertz CT molecular complexity index is 191. The molecule has 0 unspecified atom stereocenters. The van der Waals surface area contributed by atoms with Gasteiger partial charge in [0.05, 0.1) is 6.07 Å². The highest BCUT2D eigenvalue weighted by atomic mass is 16.5. The summed E-state index contributed by atoms with van der Waals surface area (Å²) < 4.78 is 4.89. The summed E-state index contributed by atoms with van der Waals surface area (Å²) in [4.78, 5) is 12.7. The van der Waals surface area contributed by atoms with Gasteiger partial charge in [0.25, 0.3) is 0 Å². The Balaban J connectivity index is 2.13. The van der Waals surface area contributed by atoms with Gasteiger partial charge in [0.1, 0.15) is 12.5 Å². The number of rotatable bonds is 2. The molecule has 0 N–H and O–H groups in total. The van der Waals surface area contributed by atoms with Crippen molar-refractivity contribution < 1.29 is 9.53 Å². The van der Waals surface area contributed by atoms with Crippen molar-refractivity contribution in [3.8, 4) is 6.07 Å². The minimum Gasteiger partial charge on any atom is -0.459 e. The Morgan fingerprint density at radius 1 is 1.82 bits per heavy atom. The van der Waals surface area contributed by atoms with Crippen molar-refractivity contribution in [1.82, 2.24) is 4.90 Å². The molecular formula is C7H10N2O2. The molecule has 4 heteroatoms. The second-order valence-corrected chi connectivity index (χ2v) is 2.67. The van der Waals surface area contributed by atoms with E-state index >= 15 is 0 Å². The van der Waals surface area contributed by atoms with Crippen molar-refractivity contribution >= 4 is 5.97 Å². The van der Waals surface area contributed by atoms with Crippen LogP contribution in [0.25, 0.3) is 0 Å². The van der Waals surface area contributed by atoms with Crippen LogP contribution in [0.3, 0.4) is 0 Å². The van der Waals surface area contributed by atoms with E-state index in [0.29, 0.717) is 0 Å². The maximum Gasteiger partial charge on any atom is 0.320 e. The topological polar surface area (TPSA) is 53.3 Å². The molecule has 0 amide bonds. The van der Waals surface area contributed by atoms with Crippen LogP contribution in [0.15, 0.2) is 0 Å². The molecule has 4 nitrogen and oxygen atoms in total. The summed E-state index contributed by atoms with van der Waals surface area (Å²) in [6.07, 6.45) is -0.124. The largest absolute Gasteiger partial charge is 0.459 e. The third-order valence-electron chi connectivity index (χ3n) is 1.55. The van der Waals surface area contributed by atoms with Crippen molar-refractivity contribution in [3.05, 3.63) is 0 Å². The Labute approximate surface area is 65.4 Å². The molecule has 1 saturated heterocycles. The van der Waals surface area contributed by atoms with Crippen LogP contribution in [-0.4, -0.2) is 37.1 Å². The lowest BCUT2D eigenvalue weighted by molar-refractivity contribution is -0.155. The molecule has 0 bridgehead atoms. The van der Waals surface area contributed by atoms with Crippen LogP contribution in [0.1, 0.15) is 6.42 Å². The van der Waals surface area contributed by atoms with E-state index in [2.05, 4.69) is 0 Å². The first-order valence-electron chi connectivity index (χ1n) is 3.47. The maximum atomic E-state index is 10.7. The second kappa shape index (κ2) is 3.35. The average Bonchev–Trinajstić information content (AvgIpc) is 1.85. The van der Waals surface area contributed by atoms with Gasteiger partial charge in [-0.15, -0.1) is 0 Å². The minimum absolute atomic E-state index is 0.0147. The van der Waals surface area contributed by atoms with Crippen LogP contribution in [0, 0.1) is 11.3 Å². The lowest BCUT2D eigenvalue weighted by atomic mass is 10.2. The van der Waals surface area contributed by atoms with Crippen LogP contribution < -0.4 is 0 Å². The summed E-state index contributed by atoms with van der Waals surface area (Å²) in [6.45, 7) is 1.58. The van der Waals surface area contributed by atoms with E-state index in [1.807, 2.05) is 11.9 Å². The van der Waals surface area contributed by atoms with Gasteiger partial charge in [-0.25, -0.2) is 0 Å². The number of nitrogens with zero attached hydrogens (tertiary/aromatic N) is 2. The molecule has 1 aliphatic rings. The predicted molar refractivity (Wildman–Crippen MR) is 37.6 cm³/mol. The first-order chi connectivity index (χ1) is 5.22. The zero-order chi connectivity index (χ0) is 8.27. The standard InChI is InChI=1S/C7H10N2O2/c1-9-4-6(5-9)11-7(10)2-3-8/h6H,2,4-5H2,1H3. The van der Waals surface area contributed by atoms with Crippen molar-refractivity contribution in [2.75, 3.05) is 20.1 Å². The first-order valence-corrected chi connectivity index (χ1v) is 3.47. The van der Waals surface area contributed by atoms with E-state index in [1.54, 1.807) is 6.07 Å². The second-order valence-electron chi connectivity index (χ2n) is 2.67. The molecule has 0 spiro atoms. The zero-order valence-corrected chi connectivity index (χ0v) is 6.41. The number of esters is 1. The predicted octanol–water partition coefficient (Wildman–Crippen LogP) is -0.243. The van der Waals surface area contributed by atoms with Gasteiger partial charge in [0.15, 0.2) is 0 Å². The smallest absolute Gasteiger partial charge is 0.320 e. The third-order valence-corrected chi connectivity index (χ3v) is 1.55. The number of ether oxygens (including phenoxy) is 1. The molecule has 0 atom stereocenters. The van der Waals surface area contributed by atoms with Gasteiger partial charge in [-0.05, 0) is 7.05 Å². The van der Waals surface area contributed by atoms with Crippen molar-refractivity contribution in [3.63, 3.8) is 0 Å². The van der Waals surface area contributed by atoms with E-state index in [9.17, 15) is 4.79 Å². The quantitative estimate of drug-likeness (QED) is 0.515. The number of carbonyl (C=O) groups is 1. The van der Waals surface area contributed by atoms with Gasteiger partial charge in [0.2, 0.25) is 0 Å². The van der Waals surface area contributed by atoms with E-state index in [0.717, 1.165) is 13.1 Å². The number of hydrogen-bond donors (Lipinski definition) is 0. The molecule has 60 valence electrons. The fourth-order valence-electron chi connectivity index (χ4n) is 1.01. The van der Waals surface area contributed by atoms with Gasteiger partial charge < -0.3 is 4.74 Å². The molecule has 1 heterocycles. The number of likely N-dealkylation sites (N-methyl/N-ethyl adjacent to an activating group) is 1. The summed E-state index contributed by atoms with van der Waals surface area (Å²) in [6, 6.07) is 1.74. The minimum atomic E-state index is -0.411. The SMILES string of the molecule is CN1CC(OC(=O)CC#N)C1. The van der Waals surface area contributed by atoms with Gasteiger partial charge >= 0.3 is 5.97 Å². The number of nitriles is 1. The summed E-state index contributed by atoms with van der Waals surface area (Å²) >= 11 is 0. The summed E-state index contributed by atoms with van der Waals surface area (Å²) in [7, 11) is 1.95. The maximum absolute atomic E-state index is 10.7. The monoisotopic (exact) mass is 154 g/mol. The molecule has 11 heavy (non-hydrogen) atoms. The zero-order valence-electron chi connectivity index (χ0n) is 6.41. The van der Waals surface area contributed by atoms with Gasteiger partial charge in [-0.3, -0.25) is 9.69 Å². The number of likely N-dealkylation sites (tertiary alicyclic amines) is 1. The fourth-order valence-corrected chi connectivity index (χ4v) is 1.01. The fraction of sp³-hybridized carbons (Fsp3) is 0.714. The highest BCUT2D eigenvalue weighted by Gasteiger charge is 2.26.